The van der Waals surface area contributed by atoms with Crippen molar-refractivity contribution < 1.29 is 0 Å². The van der Waals surface area contributed by atoms with Gasteiger partial charge in [0, 0.05) is 18.7 Å². The summed E-state index contributed by atoms with van der Waals surface area (Å²) in [4.78, 5) is 13.5. The molecule has 0 bridgehead atoms. The fourth-order valence-corrected chi connectivity index (χ4v) is 3.29. The molecule has 0 unspecified atom stereocenters. The van der Waals surface area contributed by atoms with Gasteiger partial charge in [-0.3, -0.25) is 4.98 Å². The van der Waals surface area contributed by atoms with Crippen LogP contribution in [-0.4, -0.2) is 22.0 Å². The lowest BCUT2D eigenvalue weighted by Crippen LogP contribution is -2.18. The molecule has 0 aromatic carbocycles. The molecular formula is C14H16ClIN4. The largest absolute Gasteiger partial charge is 0.372 e. The van der Waals surface area contributed by atoms with Gasteiger partial charge in [-0.2, -0.15) is 0 Å². The second-order valence-corrected chi connectivity index (χ2v) is 6.88. The van der Waals surface area contributed by atoms with Crippen molar-refractivity contribution in [3.05, 3.63) is 32.6 Å². The summed E-state index contributed by atoms with van der Waals surface area (Å²) in [6.45, 7) is 6.38. The smallest absolute Gasteiger partial charge is 0.182 e. The van der Waals surface area contributed by atoms with Gasteiger partial charge >= 0.3 is 0 Å². The van der Waals surface area contributed by atoms with E-state index in [9.17, 15) is 0 Å². The molecule has 20 heavy (non-hydrogen) atoms. The molecule has 2 aromatic heterocycles. The zero-order chi connectivity index (χ0) is 14.9. The third-order valence-electron chi connectivity index (χ3n) is 2.77. The van der Waals surface area contributed by atoms with Crippen LogP contribution in [0.2, 0.25) is 5.02 Å². The van der Waals surface area contributed by atoms with Gasteiger partial charge in [0.05, 0.1) is 14.3 Å². The van der Waals surface area contributed by atoms with Crippen molar-refractivity contribution in [1.29, 1.82) is 0 Å². The van der Waals surface area contributed by atoms with E-state index in [-0.39, 0.29) is 5.41 Å². The van der Waals surface area contributed by atoms with Crippen molar-refractivity contribution in [3.8, 4) is 11.5 Å². The Hall–Kier alpha value is -0.950. The molecule has 1 N–H and O–H groups in total. The molecule has 6 heteroatoms. The van der Waals surface area contributed by atoms with Gasteiger partial charge < -0.3 is 5.32 Å². The fraction of sp³-hybridized carbons (Fsp3) is 0.357. The lowest BCUT2D eigenvalue weighted by Gasteiger charge is -2.21. The molecule has 0 amide bonds. The Balaban J connectivity index is 2.70. The summed E-state index contributed by atoms with van der Waals surface area (Å²) in [6, 6.07) is 3.59. The summed E-state index contributed by atoms with van der Waals surface area (Å²) in [6.07, 6.45) is 1.69. The molecule has 0 aliphatic heterocycles. The number of aromatic nitrogens is 3. The minimum absolute atomic E-state index is 0.0823. The van der Waals surface area contributed by atoms with Crippen molar-refractivity contribution in [1.82, 2.24) is 15.0 Å². The predicted molar refractivity (Wildman–Crippen MR) is 91.2 cm³/mol. The van der Waals surface area contributed by atoms with Crippen molar-refractivity contribution in [2.45, 2.75) is 26.2 Å². The molecule has 0 radical (unpaired) electrons. The van der Waals surface area contributed by atoms with E-state index in [1.54, 1.807) is 18.3 Å². The van der Waals surface area contributed by atoms with E-state index >= 15 is 0 Å². The van der Waals surface area contributed by atoms with Gasteiger partial charge in [-0.15, -0.1) is 0 Å². The van der Waals surface area contributed by atoms with Gasteiger partial charge in [0.15, 0.2) is 5.82 Å². The van der Waals surface area contributed by atoms with Gasteiger partial charge in [-0.05, 0) is 34.7 Å². The highest BCUT2D eigenvalue weighted by Gasteiger charge is 2.24. The van der Waals surface area contributed by atoms with Crippen molar-refractivity contribution >= 4 is 40.0 Å². The number of nitrogens with zero attached hydrogens (tertiary/aromatic N) is 3. The average Bonchev–Trinajstić information content (AvgIpc) is 2.38. The molecule has 4 nitrogen and oxygen atoms in total. The summed E-state index contributed by atoms with van der Waals surface area (Å²) < 4.78 is 1.02. The van der Waals surface area contributed by atoms with Crippen LogP contribution in [0.25, 0.3) is 11.5 Å². The minimum atomic E-state index is -0.0823. The summed E-state index contributed by atoms with van der Waals surface area (Å²) >= 11 is 8.47. The fourth-order valence-electron chi connectivity index (χ4n) is 1.77. The highest BCUT2D eigenvalue weighted by Crippen LogP contribution is 2.32. The monoisotopic (exact) mass is 402 g/mol. The van der Waals surface area contributed by atoms with Crippen molar-refractivity contribution in [3.63, 3.8) is 0 Å². The Labute approximate surface area is 137 Å². The van der Waals surface area contributed by atoms with Crippen LogP contribution in [-0.2, 0) is 5.41 Å². The molecule has 2 heterocycles. The van der Waals surface area contributed by atoms with E-state index in [0.717, 1.165) is 15.1 Å². The maximum Gasteiger partial charge on any atom is 0.182 e. The van der Waals surface area contributed by atoms with Crippen LogP contribution in [0.1, 0.15) is 26.5 Å². The second kappa shape index (κ2) is 5.81. The summed E-state index contributed by atoms with van der Waals surface area (Å²) in [5, 5.41) is 3.66. The van der Waals surface area contributed by atoms with Crippen molar-refractivity contribution in [2.75, 3.05) is 12.4 Å². The molecule has 106 valence electrons. The molecule has 0 atom stereocenters. The van der Waals surface area contributed by atoms with Gasteiger partial charge in [-0.1, -0.05) is 32.4 Å². The van der Waals surface area contributed by atoms with Crippen LogP contribution in [0, 0.1) is 3.57 Å². The number of hydrogen-bond donors (Lipinski definition) is 1. The highest BCUT2D eigenvalue weighted by atomic mass is 127. The highest BCUT2D eigenvalue weighted by molar-refractivity contribution is 14.1. The van der Waals surface area contributed by atoms with E-state index in [1.165, 1.54) is 0 Å². The van der Waals surface area contributed by atoms with Crippen molar-refractivity contribution in [2.24, 2.45) is 0 Å². The van der Waals surface area contributed by atoms with Crippen LogP contribution < -0.4 is 5.32 Å². The molecule has 2 aromatic rings. The minimum Gasteiger partial charge on any atom is -0.372 e. The second-order valence-electron chi connectivity index (χ2n) is 5.39. The van der Waals surface area contributed by atoms with Crippen LogP contribution in [0.5, 0.6) is 0 Å². The Kier molecular flexibility index (Phi) is 4.49. The summed E-state index contributed by atoms with van der Waals surface area (Å²) in [5.41, 5.74) is 1.50. The van der Waals surface area contributed by atoms with E-state index in [4.69, 9.17) is 11.6 Å². The maximum atomic E-state index is 6.20. The summed E-state index contributed by atoms with van der Waals surface area (Å²) in [5.74, 6) is 1.34. The van der Waals surface area contributed by atoms with Gasteiger partial charge in [0.25, 0.3) is 0 Å². The summed E-state index contributed by atoms with van der Waals surface area (Å²) in [7, 11) is 1.85. The lowest BCUT2D eigenvalue weighted by atomic mass is 9.92. The van der Waals surface area contributed by atoms with E-state index in [1.807, 2.05) is 7.05 Å². The molecule has 0 spiro atoms. The third-order valence-corrected chi connectivity index (χ3v) is 4.10. The standard InChI is InChI=1S/C14H16ClIN4/c1-14(2,3)11-9(16)12(17-4)20-13(19-11)10-8(15)6-5-7-18-10/h5-7H,1-4H3,(H,17,19,20). The predicted octanol–water partition coefficient (Wildman–Crippen LogP) is 4.14. The number of rotatable bonds is 2. The molecule has 0 saturated heterocycles. The van der Waals surface area contributed by atoms with Gasteiger partial charge in [-0.25, -0.2) is 9.97 Å². The molecule has 2 rings (SSSR count). The maximum absolute atomic E-state index is 6.20. The van der Waals surface area contributed by atoms with Gasteiger partial charge in [0.1, 0.15) is 11.5 Å². The first-order valence-electron chi connectivity index (χ1n) is 6.21. The third kappa shape index (κ3) is 3.03. The zero-order valence-corrected chi connectivity index (χ0v) is 14.7. The molecular weight excluding hydrogens is 387 g/mol. The van der Waals surface area contributed by atoms with Crippen LogP contribution in [0.15, 0.2) is 18.3 Å². The number of pyridine rings is 1. The van der Waals surface area contributed by atoms with Crippen LogP contribution in [0.4, 0.5) is 5.82 Å². The number of halogens is 2. The normalized spacial score (nSPS) is 11.5. The Bertz CT molecular complexity index is 638. The van der Waals surface area contributed by atoms with E-state index in [2.05, 4.69) is 63.6 Å². The first kappa shape index (κ1) is 15.4. The molecule has 0 aliphatic carbocycles. The number of nitrogens with one attached hydrogen (secondary N) is 1. The Morgan fingerprint density at radius 1 is 1.25 bits per heavy atom. The lowest BCUT2D eigenvalue weighted by molar-refractivity contribution is 0.564. The molecule has 0 saturated carbocycles. The topological polar surface area (TPSA) is 50.7 Å². The quantitative estimate of drug-likeness (QED) is 0.767. The zero-order valence-electron chi connectivity index (χ0n) is 11.8. The first-order valence-corrected chi connectivity index (χ1v) is 7.67. The molecule has 0 fully saturated rings. The van der Waals surface area contributed by atoms with E-state index < -0.39 is 0 Å². The first-order chi connectivity index (χ1) is 9.34. The Morgan fingerprint density at radius 2 is 1.95 bits per heavy atom. The van der Waals surface area contributed by atoms with Crippen LogP contribution >= 0.6 is 34.2 Å². The van der Waals surface area contributed by atoms with Gasteiger partial charge in [0.2, 0.25) is 0 Å². The Morgan fingerprint density at radius 3 is 2.50 bits per heavy atom. The number of hydrogen-bond acceptors (Lipinski definition) is 4. The van der Waals surface area contributed by atoms with E-state index in [0.29, 0.717) is 16.5 Å². The SMILES string of the molecule is CNc1nc(-c2ncccc2Cl)nc(C(C)(C)C)c1I. The van der Waals surface area contributed by atoms with Crippen LogP contribution in [0.3, 0.4) is 0 Å². The molecule has 0 aliphatic rings. The number of anilines is 1. The average molecular weight is 403 g/mol.